The average Bonchev–Trinajstić information content (AvgIpc) is 2.67. The fraction of sp³-hybridized carbons (Fsp3) is 0.235. The summed E-state index contributed by atoms with van der Waals surface area (Å²) in [6.45, 7) is 0.147. The summed E-state index contributed by atoms with van der Waals surface area (Å²) >= 11 is 0. The Hall–Kier alpha value is -2.74. The highest BCUT2D eigenvalue weighted by Gasteiger charge is 2.37. The maximum Gasteiger partial charge on any atom is 0.530 e. The van der Waals surface area contributed by atoms with Gasteiger partial charge in [-0.2, -0.15) is 0 Å². The summed E-state index contributed by atoms with van der Waals surface area (Å²) in [4.78, 5) is 21.6. The Labute approximate surface area is 154 Å². The standard InChI is InChI=1S/C17H16NO8P/c1-23-17(19)13-4-2-12(3-5-13)16-10-11-24-27(22,26-16)25-15-8-6-14(7-9-15)18(20)21/h2-9,16H,10-11H2,1H3/t16-,27-/m0/s1. The number of phosphoric acid groups is 1. The van der Waals surface area contributed by atoms with Crippen LogP contribution < -0.4 is 4.52 Å². The van der Waals surface area contributed by atoms with Crippen LogP contribution in [0.5, 0.6) is 5.75 Å². The van der Waals surface area contributed by atoms with E-state index in [1.807, 2.05) is 0 Å². The number of esters is 1. The summed E-state index contributed by atoms with van der Waals surface area (Å²) < 4.78 is 33.4. The van der Waals surface area contributed by atoms with Crippen molar-refractivity contribution in [2.75, 3.05) is 13.7 Å². The quantitative estimate of drug-likeness (QED) is 0.323. The highest BCUT2D eigenvalue weighted by atomic mass is 31.2. The highest BCUT2D eigenvalue weighted by molar-refractivity contribution is 7.49. The molecule has 0 bridgehead atoms. The van der Waals surface area contributed by atoms with E-state index in [9.17, 15) is 19.5 Å². The molecule has 2 aromatic carbocycles. The lowest BCUT2D eigenvalue weighted by atomic mass is 10.1. The predicted octanol–water partition coefficient (Wildman–Crippen LogP) is 4.05. The van der Waals surface area contributed by atoms with Crippen molar-refractivity contribution in [3.05, 3.63) is 69.8 Å². The monoisotopic (exact) mass is 393 g/mol. The minimum atomic E-state index is -3.89. The normalized spacial score (nSPS) is 22.0. The van der Waals surface area contributed by atoms with Gasteiger partial charge in [-0.3, -0.25) is 19.2 Å². The van der Waals surface area contributed by atoms with E-state index >= 15 is 0 Å². The minimum Gasteiger partial charge on any atom is -0.465 e. The summed E-state index contributed by atoms with van der Waals surface area (Å²) in [5.41, 5.74) is 0.979. The number of nitro benzene ring substituents is 1. The molecule has 1 fully saturated rings. The smallest absolute Gasteiger partial charge is 0.465 e. The maximum atomic E-state index is 12.8. The van der Waals surface area contributed by atoms with Gasteiger partial charge >= 0.3 is 13.8 Å². The van der Waals surface area contributed by atoms with Gasteiger partial charge in [0.25, 0.3) is 5.69 Å². The van der Waals surface area contributed by atoms with E-state index in [1.54, 1.807) is 24.3 Å². The van der Waals surface area contributed by atoms with Gasteiger partial charge in [-0.05, 0) is 29.8 Å². The van der Waals surface area contributed by atoms with Crippen LogP contribution in [0.15, 0.2) is 48.5 Å². The fourth-order valence-corrected chi connectivity index (χ4v) is 3.90. The van der Waals surface area contributed by atoms with E-state index in [0.717, 1.165) is 0 Å². The molecule has 0 radical (unpaired) electrons. The zero-order chi connectivity index (χ0) is 19.4. The Bertz CT molecular complexity index is 881. The van der Waals surface area contributed by atoms with Gasteiger partial charge in [-0.25, -0.2) is 9.36 Å². The highest BCUT2D eigenvalue weighted by Crippen LogP contribution is 2.56. The topological polar surface area (TPSA) is 114 Å². The van der Waals surface area contributed by atoms with Crippen molar-refractivity contribution in [2.24, 2.45) is 0 Å². The van der Waals surface area contributed by atoms with E-state index in [1.165, 1.54) is 31.4 Å². The van der Waals surface area contributed by atoms with Crippen LogP contribution in [0.25, 0.3) is 0 Å². The molecule has 1 aliphatic rings. The van der Waals surface area contributed by atoms with Crippen LogP contribution >= 0.6 is 7.82 Å². The average molecular weight is 393 g/mol. The molecule has 10 heteroatoms. The second-order valence-corrected chi connectivity index (χ2v) is 7.17. The number of methoxy groups -OCH3 is 1. The summed E-state index contributed by atoms with van der Waals surface area (Å²) in [6.07, 6.45) is -0.0973. The fourth-order valence-electron chi connectivity index (χ4n) is 2.50. The third-order valence-electron chi connectivity index (χ3n) is 3.85. The Morgan fingerprint density at radius 2 is 1.85 bits per heavy atom. The van der Waals surface area contributed by atoms with Crippen molar-refractivity contribution in [3.63, 3.8) is 0 Å². The largest absolute Gasteiger partial charge is 0.530 e. The molecule has 1 aliphatic heterocycles. The number of hydrogen-bond donors (Lipinski definition) is 0. The Morgan fingerprint density at radius 1 is 1.19 bits per heavy atom. The van der Waals surface area contributed by atoms with Crippen LogP contribution in [-0.2, 0) is 18.3 Å². The van der Waals surface area contributed by atoms with E-state index in [0.29, 0.717) is 17.5 Å². The number of carbonyl (C=O) groups is 1. The maximum absolute atomic E-state index is 12.8. The molecule has 9 nitrogen and oxygen atoms in total. The zero-order valence-electron chi connectivity index (χ0n) is 14.3. The van der Waals surface area contributed by atoms with Crippen LogP contribution in [0.1, 0.15) is 28.4 Å². The molecule has 0 amide bonds. The summed E-state index contributed by atoms with van der Waals surface area (Å²) in [7, 11) is -2.60. The molecule has 0 unspecified atom stereocenters. The SMILES string of the molecule is COC(=O)c1ccc([C@@H]2CCO[P@@](=O)(Oc3ccc([N+](=O)[O-])cc3)O2)cc1. The molecule has 142 valence electrons. The van der Waals surface area contributed by atoms with Gasteiger partial charge in [-0.1, -0.05) is 12.1 Å². The van der Waals surface area contributed by atoms with Crippen LogP contribution in [0.3, 0.4) is 0 Å². The Balaban J connectivity index is 1.71. The molecule has 27 heavy (non-hydrogen) atoms. The van der Waals surface area contributed by atoms with Crippen molar-refractivity contribution in [1.29, 1.82) is 0 Å². The van der Waals surface area contributed by atoms with Crippen molar-refractivity contribution < 1.29 is 32.6 Å². The summed E-state index contributed by atoms with van der Waals surface area (Å²) in [5, 5.41) is 10.7. The number of phosphoric ester groups is 1. The molecule has 3 rings (SSSR count). The number of non-ortho nitro benzene ring substituents is 1. The lowest BCUT2D eigenvalue weighted by molar-refractivity contribution is -0.384. The molecule has 2 aromatic rings. The minimum absolute atomic E-state index is 0.116. The van der Waals surface area contributed by atoms with Gasteiger partial charge < -0.3 is 9.26 Å². The molecule has 0 aromatic heterocycles. The summed E-state index contributed by atoms with van der Waals surface area (Å²) in [5.74, 6) is -0.327. The molecule has 1 heterocycles. The van der Waals surface area contributed by atoms with E-state index in [4.69, 9.17) is 13.6 Å². The Kier molecular flexibility index (Phi) is 5.55. The number of hydrogen-bond acceptors (Lipinski definition) is 8. The number of rotatable bonds is 5. The first-order valence-electron chi connectivity index (χ1n) is 7.95. The van der Waals surface area contributed by atoms with Gasteiger partial charge in [0.15, 0.2) is 0 Å². The van der Waals surface area contributed by atoms with E-state index in [2.05, 4.69) is 4.74 Å². The van der Waals surface area contributed by atoms with Crippen LogP contribution in [0.4, 0.5) is 5.69 Å². The lowest BCUT2D eigenvalue weighted by Crippen LogP contribution is -2.16. The van der Waals surface area contributed by atoms with Crippen LogP contribution in [-0.4, -0.2) is 24.6 Å². The first-order chi connectivity index (χ1) is 12.9. The van der Waals surface area contributed by atoms with Crippen LogP contribution in [0.2, 0.25) is 0 Å². The molecular formula is C17H16NO8P. The number of carbonyl (C=O) groups excluding carboxylic acids is 1. The van der Waals surface area contributed by atoms with Crippen molar-refractivity contribution in [2.45, 2.75) is 12.5 Å². The number of nitro groups is 1. The lowest BCUT2D eigenvalue weighted by Gasteiger charge is -2.29. The summed E-state index contributed by atoms with van der Waals surface area (Å²) in [6, 6.07) is 11.6. The zero-order valence-corrected chi connectivity index (χ0v) is 15.2. The van der Waals surface area contributed by atoms with Crippen molar-refractivity contribution in [3.8, 4) is 5.75 Å². The molecule has 0 aliphatic carbocycles. The van der Waals surface area contributed by atoms with Gasteiger partial charge in [0.2, 0.25) is 0 Å². The second-order valence-electron chi connectivity index (χ2n) is 5.62. The molecule has 1 saturated heterocycles. The predicted molar refractivity (Wildman–Crippen MR) is 93.5 cm³/mol. The molecule has 0 saturated carbocycles. The Morgan fingerprint density at radius 3 is 2.44 bits per heavy atom. The first kappa shape index (κ1) is 19.0. The van der Waals surface area contributed by atoms with Crippen molar-refractivity contribution in [1.82, 2.24) is 0 Å². The molecule has 0 N–H and O–H groups in total. The van der Waals surface area contributed by atoms with Crippen LogP contribution in [0, 0.1) is 10.1 Å². The number of benzene rings is 2. The number of nitrogens with zero attached hydrogens (tertiary/aromatic N) is 1. The van der Waals surface area contributed by atoms with Gasteiger partial charge in [0.05, 0.1) is 30.3 Å². The first-order valence-corrected chi connectivity index (χ1v) is 9.41. The van der Waals surface area contributed by atoms with E-state index in [-0.39, 0.29) is 18.0 Å². The van der Waals surface area contributed by atoms with Gasteiger partial charge in [-0.15, -0.1) is 0 Å². The molecular weight excluding hydrogens is 377 g/mol. The van der Waals surface area contributed by atoms with Crippen molar-refractivity contribution >= 4 is 19.5 Å². The molecule has 0 spiro atoms. The third-order valence-corrected chi connectivity index (χ3v) is 5.30. The third kappa shape index (κ3) is 4.51. The van der Waals surface area contributed by atoms with Gasteiger partial charge in [0.1, 0.15) is 5.75 Å². The number of ether oxygens (including phenoxy) is 1. The van der Waals surface area contributed by atoms with E-state index < -0.39 is 24.8 Å². The second kappa shape index (κ2) is 7.87. The molecule has 2 atom stereocenters. The van der Waals surface area contributed by atoms with Gasteiger partial charge in [0, 0.05) is 18.6 Å².